The van der Waals surface area contributed by atoms with Crippen molar-refractivity contribution in [3.8, 4) is 11.5 Å². The van der Waals surface area contributed by atoms with Crippen LogP contribution in [0.4, 0.5) is 5.69 Å². The van der Waals surface area contributed by atoms with E-state index in [4.69, 9.17) is 14.5 Å². The molecule has 0 bridgehead atoms. The molecule has 1 unspecified atom stereocenters. The first-order chi connectivity index (χ1) is 13.1. The van der Waals surface area contributed by atoms with Gasteiger partial charge in [0.15, 0.2) is 17.5 Å². The van der Waals surface area contributed by atoms with Crippen LogP contribution < -0.4 is 20.1 Å². The van der Waals surface area contributed by atoms with E-state index in [2.05, 4.69) is 41.3 Å². The predicted molar refractivity (Wildman–Crippen MR) is 112 cm³/mol. The van der Waals surface area contributed by atoms with Gasteiger partial charge in [0.25, 0.3) is 0 Å². The molecule has 7 nitrogen and oxygen atoms in total. The Morgan fingerprint density at radius 2 is 1.93 bits per heavy atom. The zero-order valence-corrected chi connectivity index (χ0v) is 17.4. The number of ether oxygens (including phenoxy) is 2. The van der Waals surface area contributed by atoms with Gasteiger partial charge >= 0.3 is 0 Å². The predicted octanol–water partition coefficient (Wildman–Crippen LogP) is 2.11. The molecule has 0 saturated carbocycles. The van der Waals surface area contributed by atoms with Crippen molar-refractivity contribution in [3.05, 3.63) is 18.2 Å². The molecule has 0 aliphatic carbocycles. The lowest BCUT2D eigenvalue weighted by atomic mass is 10.2. The fourth-order valence-corrected chi connectivity index (χ4v) is 3.07. The molecule has 1 fully saturated rings. The van der Waals surface area contributed by atoms with Gasteiger partial charge in [0.1, 0.15) is 0 Å². The topological polar surface area (TPSA) is 61.4 Å². The molecule has 0 spiro atoms. The van der Waals surface area contributed by atoms with Crippen molar-refractivity contribution < 1.29 is 9.47 Å². The Balaban J connectivity index is 2.00. The second kappa shape index (κ2) is 11.0. The van der Waals surface area contributed by atoms with Crippen LogP contribution in [0, 0.1) is 0 Å². The minimum absolute atomic E-state index is 0.420. The SMILES string of the molecule is CCNC(=NCC(C)N1CCN(C)CC1)Nc1ccc(OCC)c(OC)c1. The van der Waals surface area contributed by atoms with Crippen molar-refractivity contribution in [2.75, 3.05) is 65.3 Å². The fraction of sp³-hybridized carbons (Fsp3) is 0.650. The van der Waals surface area contributed by atoms with Gasteiger partial charge in [-0.1, -0.05) is 0 Å². The highest BCUT2D eigenvalue weighted by Crippen LogP contribution is 2.30. The summed E-state index contributed by atoms with van der Waals surface area (Å²) in [7, 11) is 3.83. The first kappa shape index (κ1) is 21.3. The van der Waals surface area contributed by atoms with Crippen LogP contribution in [0.15, 0.2) is 23.2 Å². The molecule has 0 aromatic heterocycles. The minimum atomic E-state index is 0.420. The molecule has 7 heteroatoms. The van der Waals surface area contributed by atoms with Crippen LogP contribution in [0.2, 0.25) is 0 Å². The van der Waals surface area contributed by atoms with Crippen LogP contribution >= 0.6 is 0 Å². The first-order valence-electron chi connectivity index (χ1n) is 9.86. The zero-order valence-electron chi connectivity index (χ0n) is 17.4. The van der Waals surface area contributed by atoms with E-state index in [9.17, 15) is 0 Å². The van der Waals surface area contributed by atoms with Crippen molar-refractivity contribution in [3.63, 3.8) is 0 Å². The summed E-state index contributed by atoms with van der Waals surface area (Å²) < 4.78 is 11.0. The fourth-order valence-electron chi connectivity index (χ4n) is 3.07. The van der Waals surface area contributed by atoms with Crippen molar-refractivity contribution in [1.29, 1.82) is 0 Å². The number of rotatable bonds is 8. The van der Waals surface area contributed by atoms with Gasteiger partial charge in [0.05, 0.1) is 20.3 Å². The third-order valence-electron chi connectivity index (χ3n) is 4.75. The second-order valence-electron chi connectivity index (χ2n) is 6.83. The highest BCUT2D eigenvalue weighted by molar-refractivity contribution is 5.93. The number of guanidine groups is 1. The summed E-state index contributed by atoms with van der Waals surface area (Å²) in [6, 6.07) is 6.25. The molecule has 0 amide bonds. The summed E-state index contributed by atoms with van der Waals surface area (Å²) in [5.74, 6) is 2.24. The summed E-state index contributed by atoms with van der Waals surface area (Å²) in [4.78, 5) is 9.66. The van der Waals surface area contributed by atoms with Crippen LogP contribution in [0.25, 0.3) is 0 Å². The normalized spacial score (nSPS) is 17.4. The Morgan fingerprint density at radius 1 is 1.19 bits per heavy atom. The van der Waals surface area contributed by atoms with E-state index in [-0.39, 0.29) is 0 Å². The first-order valence-corrected chi connectivity index (χ1v) is 9.86. The zero-order chi connectivity index (χ0) is 19.6. The molecular weight excluding hydrogens is 342 g/mol. The van der Waals surface area contributed by atoms with Crippen LogP contribution in [-0.2, 0) is 0 Å². The monoisotopic (exact) mass is 377 g/mol. The Hall–Kier alpha value is -1.99. The lowest BCUT2D eigenvalue weighted by Gasteiger charge is -2.35. The van der Waals surface area contributed by atoms with Gasteiger partial charge < -0.3 is 25.0 Å². The molecule has 1 atom stereocenters. The lowest BCUT2D eigenvalue weighted by Crippen LogP contribution is -2.49. The average molecular weight is 378 g/mol. The maximum absolute atomic E-state index is 5.58. The second-order valence-corrected chi connectivity index (χ2v) is 6.83. The highest BCUT2D eigenvalue weighted by atomic mass is 16.5. The molecule has 0 radical (unpaired) electrons. The Kier molecular flexibility index (Phi) is 8.67. The molecule has 1 aliphatic heterocycles. The number of benzene rings is 1. The number of aliphatic imine (C=N–C) groups is 1. The van der Waals surface area contributed by atoms with Crippen LogP contribution in [-0.4, -0.2) is 81.8 Å². The Morgan fingerprint density at radius 3 is 2.56 bits per heavy atom. The van der Waals surface area contributed by atoms with Gasteiger partial charge in [0.2, 0.25) is 0 Å². The highest BCUT2D eigenvalue weighted by Gasteiger charge is 2.18. The quantitative estimate of drug-likeness (QED) is 0.534. The number of anilines is 1. The Bertz CT molecular complexity index is 600. The standard InChI is InChI=1S/C20H35N5O2/c1-6-21-20(22-15-16(3)25-12-10-24(4)11-13-25)23-17-8-9-18(27-7-2)19(14-17)26-5/h8-9,14,16H,6-7,10-13,15H2,1-5H3,(H2,21,22,23). The smallest absolute Gasteiger partial charge is 0.195 e. The minimum Gasteiger partial charge on any atom is -0.493 e. The Labute approximate surface area is 163 Å². The van der Waals surface area contributed by atoms with Gasteiger partial charge in [-0.2, -0.15) is 0 Å². The van der Waals surface area contributed by atoms with Crippen molar-refractivity contribution in [2.24, 2.45) is 4.99 Å². The van der Waals surface area contributed by atoms with Gasteiger partial charge in [-0.15, -0.1) is 0 Å². The summed E-state index contributed by atoms with van der Waals surface area (Å²) in [6.45, 7) is 12.9. The largest absolute Gasteiger partial charge is 0.493 e. The van der Waals surface area contributed by atoms with E-state index >= 15 is 0 Å². The lowest BCUT2D eigenvalue weighted by molar-refractivity contribution is 0.122. The van der Waals surface area contributed by atoms with E-state index in [0.29, 0.717) is 18.4 Å². The van der Waals surface area contributed by atoms with E-state index in [1.54, 1.807) is 7.11 Å². The van der Waals surface area contributed by atoms with Gasteiger partial charge in [0, 0.05) is 50.5 Å². The number of nitrogens with one attached hydrogen (secondary N) is 2. The average Bonchev–Trinajstić information content (AvgIpc) is 2.68. The van der Waals surface area contributed by atoms with Gasteiger partial charge in [-0.3, -0.25) is 9.89 Å². The number of nitrogens with zero attached hydrogens (tertiary/aromatic N) is 3. The molecule has 27 heavy (non-hydrogen) atoms. The molecular formula is C20H35N5O2. The number of methoxy groups -OCH3 is 1. The van der Waals surface area contributed by atoms with Crippen LogP contribution in [0.5, 0.6) is 11.5 Å². The number of hydrogen-bond donors (Lipinski definition) is 2. The molecule has 1 aromatic carbocycles. The van der Waals surface area contributed by atoms with Crippen molar-refractivity contribution >= 4 is 11.6 Å². The molecule has 152 valence electrons. The summed E-state index contributed by atoms with van der Waals surface area (Å²) in [5.41, 5.74) is 0.919. The molecule has 2 N–H and O–H groups in total. The van der Waals surface area contributed by atoms with Crippen molar-refractivity contribution in [2.45, 2.75) is 26.8 Å². The van der Waals surface area contributed by atoms with E-state index in [0.717, 1.165) is 56.7 Å². The van der Waals surface area contributed by atoms with Crippen LogP contribution in [0.3, 0.4) is 0 Å². The summed E-state index contributed by atoms with van der Waals surface area (Å²) in [5, 5.41) is 6.68. The third-order valence-corrected chi connectivity index (χ3v) is 4.75. The number of piperazine rings is 1. The maximum Gasteiger partial charge on any atom is 0.195 e. The van der Waals surface area contributed by atoms with Gasteiger partial charge in [-0.05, 0) is 40.0 Å². The van der Waals surface area contributed by atoms with E-state index in [1.807, 2.05) is 25.1 Å². The molecule has 1 aromatic rings. The van der Waals surface area contributed by atoms with E-state index in [1.165, 1.54) is 0 Å². The summed E-state index contributed by atoms with van der Waals surface area (Å²) in [6.07, 6.45) is 0. The third kappa shape index (κ3) is 6.59. The molecule has 1 heterocycles. The van der Waals surface area contributed by atoms with Gasteiger partial charge in [-0.25, -0.2) is 0 Å². The number of hydrogen-bond acceptors (Lipinski definition) is 5. The van der Waals surface area contributed by atoms with E-state index < -0.39 is 0 Å². The number of likely N-dealkylation sites (N-methyl/N-ethyl adjacent to an activating group) is 1. The van der Waals surface area contributed by atoms with Crippen molar-refractivity contribution in [1.82, 2.24) is 15.1 Å². The molecule has 2 rings (SSSR count). The molecule has 1 aliphatic rings. The molecule has 1 saturated heterocycles. The summed E-state index contributed by atoms with van der Waals surface area (Å²) >= 11 is 0. The maximum atomic E-state index is 5.58. The van der Waals surface area contributed by atoms with Crippen LogP contribution in [0.1, 0.15) is 20.8 Å².